The van der Waals surface area contributed by atoms with Crippen LogP contribution in [0.1, 0.15) is 19.3 Å². The summed E-state index contributed by atoms with van der Waals surface area (Å²) in [5, 5.41) is 6.22. The van der Waals surface area contributed by atoms with Gasteiger partial charge in [0, 0.05) is 13.7 Å². The highest BCUT2D eigenvalue weighted by Gasteiger charge is 2.39. The Hall–Kier alpha value is -0.260. The first-order chi connectivity index (χ1) is 7.75. The van der Waals surface area contributed by atoms with Crippen LogP contribution >= 0.6 is 11.8 Å². The third kappa shape index (κ3) is 3.64. The molecule has 0 aromatic heterocycles. The SMILES string of the molecule is COC1(C(=O)NCCCSC)CCNCC1. The van der Waals surface area contributed by atoms with Crippen LogP contribution in [0.15, 0.2) is 0 Å². The van der Waals surface area contributed by atoms with E-state index in [4.69, 9.17) is 4.74 Å². The second-order valence-corrected chi connectivity index (χ2v) is 5.04. The van der Waals surface area contributed by atoms with E-state index in [2.05, 4.69) is 16.9 Å². The van der Waals surface area contributed by atoms with Crippen molar-refractivity contribution in [2.45, 2.75) is 24.9 Å². The summed E-state index contributed by atoms with van der Waals surface area (Å²) in [5.41, 5.74) is -0.593. The van der Waals surface area contributed by atoms with Gasteiger partial charge < -0.3 is 15.4 Å². The van der Waals surface area contributed by atoms with Gasteiger partial charge in [-0.25, -0.2) is 0 Å². The van der Waals surface area contributed by atoms with E-state index in [9.17, 15) is 4.79 Å². The summed E-state index contributed by atoms with van der Waals surface area (Å²) in [7, 11) is 1.63. The molecule has 16 heavy (non-hydrogen) atoms. The molecule has 2 N–H and O–H groups in total. The first-order valence-corrected chi connectivity index (χ1v) is 7.18. The van der Waals surface area contributed by atoms with Crippen molar-refractivity contribution < 1.29 is 9.53 Å². The lowest BCUT2D eigenvalue weighted by molar-refractivity contribution is -0.146. The van der Waals surface area contributed by atoms with Crippen molar-refractivity contribution in [3.05, 3.63) is 0 Å². The molecule has 0 aliphatic carbocycles. The van der Waals surface area contributed by atoms with Crippen molar-refractivity contribution in [3.8, 4) is 0 Å². The topological polar surface area (TPSA) is 50.4 Å². The van der Waals surface area contributed by atoms with E-state index in [0.717, 1.165) is 44.6 Å². The molecule has 0 aromatic rings. The molecule has 1 rings (SSSR count). The van der Waals surface area contributed by atoms with Gasteiger partial charge in [0.15, 0.2) is 0 Å². The van der Waals surface area contributed by atoms with Gasteiger partial charge in [-0.05, 0) is 44.4 Å². The number of ether oxygens (including phenoxy) is 1. The van der Waals surface area contributed by atoms with Gasteiger partial charge in [0.25, 0.3) is 5.91 Å². The molecule has 1 heterocycles. The fraction of sp³-hybridized carbons (Fsp3) is 0.909. The average Bonchev–Trinajstić information content (AvgIpc) is 2.35. The maximum absolute atomic E-state index is 12.0. The molecule has 1 saturated heterocycles. The van der Waals surface area contributed by atoms with E-state index in [1.54, 1.807) is 18.9 Å². The molecule has 0 bridgehead atoms. The van der Waals surface area contributed by atoms with Crippen LogP contribution in [0, 0.1) is 0 Å². The number of carbonyl (C=O) groups is 1. The number of piperidine rings is 1. The van der Waals surface area contributed by atoms with E-state index in [-0.39, 0.29) is 5.91 Å². The molecule has 1 fully saturated rings. The van der Waals surface area contributed by atoms with Crippen molar-refractivity contribution in [1.29, 1.82) is 0 Å². The van der Waals surface area contributed by atoms with Crippen molar-refractivity contribution in [2.24, 2.45) is 0 Å². The Bertz CT molecular complexity index is 218. The zero-order valence-electron chi connectivity index (χ0n) is 10.2. The molecule has 5 heteroatoms. The van der Waals surface area contributed by atoms with Gasteiger partial charge in [0.2, 0.25) is 0 Å². The minimum absolute atomic E-state index is 0.0533. The van der Waals surface area contributed by atoms with E-state index in [1.807, 2.05) is 0 Å². The summed E-state index contributed by atoms with van der Waals surface area (Å²) in [5.74, 6) is 1.14. The first-order valence-electron chi connectivity index (χ1n) is 5.78. The Kier molecular flexibility index (Phi) is 6.16. The summed E-state index contributed by atoms with van der Waals surface area (Å²) in [6.45, 7) is 2.45. The molecule has 0 radical (unpaired) electrons. The highest BCUT2D eigenvalue weighted by Crippen LogP contribution is 2.22. The standard InChI is InChI=1S/C11H22N2O2S/c1-15-11(4-7-12-8-5-11)10(14)13-6-3-9-16-2/h12H,3-9H2,1-2H3,(H,13,14). The van der Waals surface area contributed by atoms with Crippen molar-refractivity contribution in [1.82, 2.24) is 10.6 Å². The van der Waals surface area contributed by atoms with Crippen molar-refractivity contribution >= 4 is 17.7 Å². The van der Waals surface area contributed by atoms with Crippen LogP contribution in [-0.2, 0) is 9.53 Å². The predicted molar refractivity (Wildman–Crippen MR) is 67.9 cm³/mol. The summed E-state index contributed by atoms with van der Waals surface area (Å²) in [4.78, 5) is 12.0. The van der Waals surface area contributed by atoms with Gasteiger partial charge in [0.1, 0.15) is 5.60 Å². The Morgan fingerprint density at radius 2 is 2.19 bits per heavy atom. The minimum atomic E-state index is -0.593. The lowest BCUT2D eigenvalue weighted by atomic mass is 9.91. The van der Waals surface area contributed by atoms with Crippen LogP contribution in [-0.4, -0.2) is 50.3 Å². The molecule has 94 valence electrons. The van der Waals surface area contributed by atoms with E-state index >= 15 is 0 Å². The Labute approximate surface area is 102 Å². The summed E-state index contributed by atoms with van der Waals surface area (Å²) < 4.78 is 5.44. The average molecular weight is 246 g/mol. The molecule has 0 unspecified atom stereocenters. The van der Waals surface area contributed by atoms with Gasteiger partial charge in [-0.3, -0.25) is 4.79 Å². The number of methoxy groups -OCH3 is 1. The number of carbonyl (C=O) groups excluding carboxylic acids is 1. The van der Waals surface area contributed by atoms with Crippen molar-refractivity contribution in [2.75, 3.05) is 38.8 Å². The van der Waals surface area contributed by atoms with Crippen LogP contribution in [0.2, 0.25) is 0 Å². The molecule has 0 aromatic carbocycles. The number of rotatable bonds is 6. The zero-order valence-corrected chi connectivity index (χ0v) is 11.0. The lowest BCUT2D eigenvalue weighted by Crippen LogP contribution is -2.54. The largest absolute Gasteiger partial charge is 0.368 e. The number of thioether (sulfide) groups is 1. The predicted octanol–water partition coefficient (Wildman–Crippen LogP) is 0.624. The molecule has 0 saturated carbocycles. The highest BCUT2D eigenvalue weighted by molar-refractivity contribution is 7.98. The van der Waals surface area contributed by atoms with Crippen LogP contribution in [0.3, 0.4) is 0 Å². The maximum atomic E-state index is 12.0. The smallest absolute Gasteiger partial charge is 0.252 e. The fourth-order valence-corrected chi connectivity index (χ4v) is 2.37. The Morgan fingerprint density at radius 1 is 1.50 bits per heavy atom. The molecule has 1 amide bonds. The Balaban J connectivity index is 2.36. The number of amides is 1. The molecular weight excluding hydrogens is 224 g/mol. The normalized spacial score (nSPS) is 19.4. The third-order valence-corrected chi connectivity index (χ3v) is 3.72. The van der Waals surface area contributed by atoms with Crippen LogP contribution in [0.4, 0.5) is 0 Å². The van der Waals surface area contributed by atoms with Gasteiger partial charge in [-0.2, -0.15) is 11.8 Å². The quantitative estimate of drug-likeness (QED) is 0.675. The maximum Gasteiger partial charge on any atom is 0.252 e. The zero-order chi connectivity index (χ0) is 11.9. The molecular formula is C11H22N2O2S. The number of hydrogen-bond acceptors (Lipinski definition) is 4. The van der Waals surface area contributed by atoms with E-state index < -0.39 is 5.60 Å². The number of hydrogen-bond donors (Lipinski definition) is 2. The molecule has 1 aliphatic rings. The van der Waals surface area contributed by atoms with Crippen LogP contribution in [0.5, 0.6) is 0 Å². The summed E-state index contributed by atoms with van der Waals surface area (Å²) in [6, 6.07) is 0. The number of nitrogens with one attached hydrogen (secondary N) is 2. The molecule has 0 spiro atoms. The van der Waals surface area contributed by atoms with E-state index in [0.29, 0.717) is 0 Å². The summed E-state index contributed by atoms with van der Waals surface area (Å²) >= 11 is 1.80. The van der Waals surface area contributed by atoms with Gasteiger partial charge in [-0.1, -0.05) is 0 Å². The Morgan fingerprint density at radius 3 is 2.75 bits per heavy atom. The van der Waals surface area contributed by atoms with Crippen LogP contribution < -0.4 is 10.6 Å². The van der Waals surface area contributed by atoms with Gasteiger partial charge in [0.05, 0.1) is 0 Å². The highest BCUT2D eigenvalue weighted by atomic mass is 32.2. The monoisotopic (exact) mass is 246 g/mol. The second kappa shape index (κ2) is 7.14. The molecule has 0 atom stereocenters. The summed E-state index contributed by atoms with van der Waals surface area (Å²) in [6.07, 6.45) is 4.62. The fourth-order valence-electron chi connectivity index (χ4n) is 1.93. The minimum Gasteiger partial charge on any atom is -0.368 e. The first kappa shape index (κ1) is 13.8. The molecule has 1 aliphatic heterocycles. The van der Waals surface area contributed by atoms with E-state index in [1.165, 1.54) is 0 Å². The second-order valence-electron chi connectivity index (χ2n) is 4.05. The molecule has 4 nitrogen and oxygen atoms in total. The van der Waals surface area contributed by atoms with Crippen LogP contribution in [0.25, 0.3) is 0 Å². The lowest BCUT2D eigenvalue weighted by Gasteiger charge is -2.34. The third-order valence-electron chi connectivity index (χ3n) is 3.03. The van der Waals surface area contributed by atoms with Crippen molar-refractivity contribution in [3.63, 3.8) is 0 Å². The van der Waals surface area contributed by atoms with Gasteiger partial charge in [-0.15, -0.1) is 0 Å². The van der Waals surface area contributed by atoms with Gasteiger partial charge >= 0.3 is 0 Å².